The fraction of sp³-hybridized carbons (Fsp3) is 0.286. The van der Waals surface area contributed by atoms with Crippen LogP contribution in [0.15, 0.2) is 14.7 Å². The molecule has 1 aromatic rings. The van der Waals surface area contributed by atoms with Crippen LogP contribution in [0, 0.1) is 13.8 Å². The molecule has 0 bridgehead atoms. The van der Waals surface area contributed by atoms with Crippen molar-refractivity contribution in [2.24, 2.45) is 0 Å². The number of aromatic nitrogens is 1. The number of hydrogen-bond acceptors (Lipinski definition) is 3. The highest BCUT2D eigenvalue weighted by Gasteiger charge is 2.04. The first-order valence-corrected chi connectivity index (χ1v) is 4.05. The van der Waals surface area contributed by atoms with E-state index in [2.05, 4.69) is 30.2 Å². The lowest BCUT2D eigenvalue weighted by molar-refractivity contribution is 0.962. The van der Waals surface area contributed by atoms with Gasteiger partial charge in [-0.05, 0) is 25.0 Å². The minimum absolute atomic E-state index is 0.179. The summed E-state index contributed by atoms with van der Waals surface area (Å²) in [5, 5.41) is 0.616. The zero-order valence-corrected chi connectivity index (χ0v) is 8.09. The second kappa shape index (κ2) is 2.95. The average Bonchev–Trinajstić information content (AvgIpc) is 1.97. The molecule has 0 aromatic carbocycles. The molecule has 1 N–H and O–H groups in total. The fourth-order valence-electron chi connectivity index (χ4n) is 0.786. The van der Waals surface area contributed by atoms with E-state index in [4.69, 9.17) is 0 Å². The van der Waals surface area contributed by atoms with Crippen LogP contribution >= 0.6 is 25.3 Å². The van der Waals surface area contributed by atoms with Crippen LogP contribution in [0.5, 0.6) is 0 Å². The smallest absolute Gasteiger partial charge is 0.262 e. The molecule has 0 aliphatic carbocycles. The molecule has 0 radical (unpaired) electrons. The van der Waals surface area contributed by atoms with Crippen molar-refractivity contribution in [1.29, 1.82) is 0 Å². The Hall–Kier alpha value is -0.350. The zero-order chi connectivity index (χ0) is 8.59. The summed E-state index contributed by atoms with van der Waals surface area (Å²) in [4.78, 5) is 14.1. The van der Waals surface area contributed by atoms with Crippen LogP contribution in [-0.2, 0) is 0 Å². The van der Waals surface area contributed by atoms with E-state index in [1.54, 1.807) is 0 Å². The summed E-state index contributed by atoms with van der Waals surface area (Å²) >= 11 is 8.15. The quantitative estimate of drug-likeness (QED) is 0.529. The molecular formula is C7H9NOS2. The van der Waals surface area contributed by atoms with Gasteiger partial charge in [0.25, 0.3) is 5.56 Å². The van der Waals surface area contributed by atoms with Crippen LogP contribution in [0.4, 0.5) is 0 Å². The Balaban J connectivity index is 3.59. The third-order valence-corrected chi connectivity index (χ3v) is 2.71. The van der Waals surface area contributed by atoms with Crippen molar-refractivity contribution in [2.45, 2.75) is 23.8 Å². The van der Waals surface area contributed by atoms with Crippen LogP contribution in [0.3, 0.4) is 0 Å². The number of aromatic amines is 1. The predicted molar refractivity (Wildman–Crippen MR) is 51.0 cm³/mol. The first-order valence-electron chi connectivity index (χ1n) is 3.15. The van der Waals surface area contributed by atoms with E-state index in [1.807, 2.05) is 13.8 Å². The lowest BCUT2D eigenvalue weighted by Gasteiger charge is -2.04. The lowest BCUT2D eigenvalue weighted by atomic mass is 10.2. The Bertz CT molecular complexity index is 343. The number of pyridine rings is 1. The fourth-order valence-corrected chi connectivity index (χ4v) is 1.28. The highest BCUT2D eigenvalue weighted by atomic mass is 32.1. The molecule has 0 aliphatic heterocycles. The van der Waals surface area contributed by atoms with Gasteiger partial charge in [-0.3, -0.25) is 4.79 Å². The molecule has 60 valence electrons. The topological polar surface area (TPSA) is 32.9 Å². The van der Waals surface area contributed by atoms with Crippen LogP contribution < -0.4 is 5.56 Å². The van der Waals surface area contributed by atoms with Gasteiger partial charge < -0.3 is 4.98 Å². The van der Waals surface area contributed by atoms with Crippen LogP contribution in [0.25, 0.3) is 0 Å². The first kappa shape index (κ1) is 8.74. The van der Waals surface area contributed by atoms with Crippen molar-refractivity contribution < 1.29 is 0 Å². The van der Waals surface area contributed by atoms with Crippen molar-refractivity contribution in [3.05, 3.63) is 21.5 Å². The normalized spacial score (nSPS) is 10.2. The molecule has 0 fully saturated rings. The van der Waals surface area contributed by atoms with Gasteiger partial charge in [-0.25, -0.2) is 0 Å². The summed E-state index contributed by atoms with van der Waals surface area (Å²) in [5.74, 6) is 0. The van der Waals surface area contributed by atoms with Crippen molar-refractivity contribution >= 4 is 25.3 Å². The Labute approximate surface area is 75.9 Å². The maximum atomic E-state index is 11.0. The SMILES string of the molecule is Cc1c(S)[nH]c(=O)c(S)c1C. The van der Waals surface area contributed by atoms with E-state index < -0.39 is 0 Å². The van der Waals surface area contributed by atoms with E-state index in [-0.39, 0.29) is 5.56 Å². The zero-order valence-electron chi connectivity index (χ0n) is 6.30. The molecule has 1 rings (SSSR count). The summed E-state index contributed by atoms with van der Waals surface area (Å²) in [6.45, 7) is 3.75. The van der Waals surface area contributed by atoms with Crippen molar-refractivity contribution in [3.63, 3.8) is 0 Å². The molecule has 0 aliphatic rings. The molecular weight excluding hydrogens is 178 g/mol. The third kappa shape index (κ3) is 1.46. The second-order valence-electron chi connectivity index (χ2n) is 2.40. The van der Waals surface area contributed by atoms with Gasteiger partial charge in [0, 0.05) is 0 Å². The maximum absolute atomic E-state index is 11.0. The van der Waals surface area contributed by atoms with Gasteiger partial charge in [0.05, 0.1) is 9.92 Å². The summed E-state index contributed by atoms with van der Waals surface area (Å²) in [6, 6.07) is 0. The summed E-state index contributed by atoms with van der Waals surface area (Å²) in [7, 11) is 0. The maximum Gasteiger partial charge on any atom is 0.262 e. The summed E-state index contributed by atoms with van der Waals surface area (Å²) < 4.78 is 0. The molecule has 0 saturated heterocycles. The molecule has 1 heterocycles. The summed E-state index contributed by atoms with van der Waals surface area (Å²) in [5.41, 5.74) is 1.68. The minimum Gasteiger partial charge on any atom is -0.316 e. The standard InChI is InChI=1S/C7H9NOS2/c1-3-4(2)7(11)8-6(9)5(3)10/h10H,1-2H3,(H2,8,9,11). The van der Waals surface area contributed by atoms with E-state index >= 15 is 0 Å². The molecule has 0 spiro atoms. The monoisotopic (exact) mass is 187 g/mol. The molecule has 0 saturated carbocycles. The third-order valence-electron chi connectivity index (χ3n) is 1.72. The Morgan fingerprint density at radius 3 is 2.27 bits per heavy atom. The van der Waals surface area contributed by atoms with Gasteiger partial charge in [0.15, 0.2) is 0 Å². The number of hydrogen-bond donors (Lipinski definition) is 3. The largest absolute Gasteiger partial charge is 0.316 e. The second-order valence-corrected chi connectivity index (χ2v) is 3.30. The molecule has 0 amide bonds. The van der Waals surface area contributed by atoms with E-state index in [1.165, 1.54) is 0 Å². The summed E-state index contributed by atoms with van der Waals surface area (Å²) in [6.07, 6.45) is 0. The number of nitrogens with one attached hydrogen (secondary N) is 1. The van der Waals surface area contributed by atoms with Gasteiger partial charge >= 0.3 is 0 Å². The van der Waals surface area contributed by atoms with Crippen molar-refractivity contribution in [3.8, 4) is 0 Å². The molecule has 11 heavy (non-hydrogen) atoms. The van der Waals surface area contributed by atoms with Crippen molar-refractivity contribution in [1.82, 2.24) is 4.98 Å². The Morgan fingerprint density at radius 1 is 1.18 bits per heavy atom. The van der Waals surface area contributed by atoms with Gasteiger partial charge in [-0.2, -0.15) is 0 Å². The highest BCUT2D eigenvalue weighted by molar-refractivity contribution is 7.80. The van der Waals surface area contributed by atoms with Gasteiger partial charge in [-0.1, -0.05) is 0 Å². The van der Waals surface area contributed by atoms with Crippen LogP contribution in [-0.4, -0.2) is 4.98 Å². The lowest BCUT2D eigenvalue weighted by Crippen LogP contribution is -2.10. The molecule has 1 aromatic heterocycles. The van der Waals surface area contributed by atoms with Crippen molar-refractivity contribution in [2.75, 3.05) is 0 Å². The van der Waals surface area contributed by atoms with E-state index in [0.29, 0.717) is 9.92 Å². The minimum atomic E-state index is -0.179. The molecule has 2 nitrogen and oxygen atoms in total. The number of rotatable bonds is 0. The molecule has 4 heteroatoms. The van der Waals surface area contributed by atoms with Crippen LogP contribution in [0.1, 0.15) is 11.1 Å². The average molecular weight is 187 g/mol. The predicted octanol–water partition coefficient (Wildman–Crippen LogP) is 1.57. The number of thiol groups is 2. The molecule has 0 unspecified atom stereocenters. The van der Waals surface area contributed by atoms with E-state index in [0.717, 1.165) is 11.1 Å². The Kier molecular flexibility index (Phi) is 2.34. The highest BCUT2D eigenvalue weighted by Crippen LogP contribution is 2.16. The van der Waals surface area contributed by atoms with Gasteiger partial charge in [0.2, 0.25) is 0 Å². The van der Waals surface area contributed by atoms with E-state index in [9.17, 15) is 4.79 Å². The molecule has 0 atom stereocenters. The van der Waals surface area contributed by atoms with Gasteiger partial charge in [-0.15, -0.1) is 25.3 Å². The van der Waals surface area contributed by atoms with Crippen LogP contribution in [0.2, 0.25) is 0 Å². The Morgan fingerprint density at radius 2 is 1.73 bits per heavy atom. The first-order chi connectivity index (χ1) is 5.04. The van der Waals surface area contributed by atoms with Gasteiger partial charge in [0.1, 0.15) is 0 Å². The number of H-pyrrole nitrogens is 1.